The highest BCUT2D eigenvalue weighted by Crippen LogP contribution is 2.31. The molecule has 2 heteroatoms. The van der Waals surface area contributed by atoms with Crippen molar-refractivity contribution >= 4 is 16.5 Å². The van der Waals surface area contributed by atoms with Gasteiger partial charge in [0.2, 0.25) is 0 Å². The first-order valence-electron chi connectivity index (χ1n) is 10.4. The average Bonchev–Trinajstić information content (AvgIpc) is 3.63. The van der Waals surface area contributed by atoms with Crippen LogP contribution in [0.15, 0.2) is 84.9 Å². The highest BCUT2D eigenvalue weighted by Gasteiger charge is 2.17. The summed E-state index contributed by atoms with van der Waals surface area (Å²) in [7, 11) is 0. The minimum atomic E-state index is 0.356. The van der Waals surface area contributed by atoms with Crippen LogP contribution in [0.4, 0.5) is 5.69 Å². The number of hydrogen-bond acceptors (Lipinski definition) is 2. The van der Waals surface area contributed by atoms with E-state index in [0.29, 0.717) is 12.2 Å². The fraction of sp³-hybridized carbons (Fsp3) is 0.143. The zero-order valence-corrected chi connectivity index (χ0v) is 16.8. The van der Waals surface area contributed by atoms with Gasteiger partial charge in [-0.3, -0.25) is 0 Å². The van der Waals surface area contributed by atoms with Crippen LogP contribution in [0.5, 0.6) is 5.75 Å². The fourth-order valence-electron chi connectivity index (χ4n) is 3.77. The second kappa shape index (κ2) is 7.97. The van der Waals surface area contributed by atoms with E-state index in [1.807, 2.05) is 42.5 Å². The van der Waals surface area contributed by atoms with Crippen LogP contribution in [0.1, 0.15) is 22.3 Å². The second-order valence-electron chi connectivity index (χ2n) is 7.80. The number of aromatic hydroxyl groups is 1. The highest BCUT2D eigenvalue weighted by atomic mass is 16.3. The Hall–Kier alpha value is -3.70. The van der Waals surface area contributed by atoms with Crippen molar-refractivity contribution in [3.05, 3.63) is 107 Å². The normalized spacial score (nSPS) is 12.5. The maximum atomic E-state index is 10.9. The van der Waals surface area contributed by atoms with Crippen molar-refractivity contribution in [3.8, 4) is 17.6 Å². The van der Waals surface area contributed by atoms with E-state index in [0.717, 1.165) is 41.4 Å². The Morgan fingerprint density at radius 2 is 1.57 bits per heavy atom. The smallest absolute Gasteiger partial charge is 0.126 e. The number of fused-ring (bicyclic) bond motifs is 1. The number of phenols is 1. The molecule has 0 bridgehead atoms. The summed E-state index contributed by atoms with van der Waals surface area (Å²) in [6, 6.07) is 29.0. The van der Waals surface area contributed by atoms with Gasteiger partial charge in [0.25, 0.3) is 0 Å². The van der Waals surface area contributed by atoms with E-state index in [4.69, 9.17) is 0 Å². The van der Waals surface area contributed by atoms with Gasteiger partial charge in [-0.15, -0.1) is 0 Å². The third-order valence-corrected chi connectivity index (χ3v) is 5.59. The van der Waals surface area contributed by atoms with Gasteiger partial charge >= 0.3 is 0 Å². The Kier molecular flexibility index (Phi) is 4.87. The van der Waals surface area contributed by atoms with Crippen LogP contribution < -0.4 is 4.90 Å². The van der Waals surface area contributed by atoms with Crippen LogP contribution >= 0.6 is 0 Å². The minimum Gasteiger partial charge on any atom is -0.507 e. The number of phenolic OH excluding ortho intramolecular Hbond substituents is 1. The molecular formula is C28H23NO. The molecular weight excluding hydrogens is 366 g/mol. The van der Waals surface area contributed by atoms with Crippen LogP contribution in [0.2, 0.25) is 0 Å². The lowest BCUT2D eigenvalue weighted by Crippen LogP contribution is -1.93. The molecule has 0 atom stereocenters. The quantitative estimate of drug-likeness (QED) is 0.365. The van der Waals surface area contributed by atoms with E-state index in [2.05, 4.69) is 59.2 Å². The summed E-state index contributed by atoms with van der Waals surface area (Å²) >= 11 is 0. The van der Waals surface area contributed by atoms with E-state index in [1.165, 1.54) is 16.8 Å². The number of nitrogens with zero attached hydrogens (tertiary/aromatic N) is 1. The predicted molar refractivity (Wildman–Crippen MR) is 124 cm³/mol. The molecule has 1 heterocycles. The summed E-state index contributed by atoms with van der Waals surface area (Å²) in [5.74, 6) is 6.83. The molecule has 4 aromatic rings. The summed E-state index contributed by atoms with van der Waals surface area (Å²) in [4.78, 5) is 2.33. The van der Waals surface area contributed by atoms with E-state index >= 15 is 0 Å². The Morgan fingerprint density at radius 1 is 0.800 bits per heavy atom. The molecule has 2 nitrogen and oxygen atoms in total. The number of anilines is 1. The molecule has 1 saturated heterocycles. The Labute approximate surface area is 177 Å². The van der Waals surface area contributed by atoms with Crippen molar-refractivity contribution in [3.63, 3.8) is 0 Å². The van der Waals surface area contributed by atoms with Crippen molar-refractivity contribution < 1.29 is 5.11 Å². The molecule has 1 fully saturated rings. The number of benzene rings is 4. The second-order valence-corrected chi connectivity index (χ2v) is 7.80. The van der Waals surface area contributed by atoms with Gasteiger partial charge in [-0.1, -0.05) is 72.5 Å². The lowest BCUT2D eigenvalue weighted by Gasteiger charge is -2.10. The van der Waals surface area contributed by atoms with Crippen LogP contribution in [-0.2, 0) is 12.8 Å². The average molecular weight is 389 g/mol. The largest absolute Gasteiger partial charge is 0.507 e. The van der Waals surface area contributed by atoms with Crippen LogP contribution in [0, 0.1) is 11.8 Å². The molecule has 0 spiro atoms. The Morgan fingerprint density at radius 3 is 2.33 bits per heavy atom. The Bertz CT molecular complexity index is 1240. The zero-order valence-electron chi connectivity index (χ0n) is 16.8. The zero-order chi connectivity index (χ0) is 20.3. The lowest BCUT2D eigenvalue weighted by atomic mass is 9.98. The van der Waals surface area contributed by atoms with Crippen LogP contribution in [0.3, 0.4) is 0 Å². The molecule has 1 N–H and O–H groups in total. The van der Waals surface area contributed by atoms with Crippen LogP contribution in [-0.4, -0.2) is 18.2 Å². The lowest BCUT2D eigenvalue weighted by molar-refractivity contribution is 0.476. The molecule has 1 aliphatic heterocycles. The van der Waals surface area contributed by atoms with Gasteiger partial charge in [-0.05, 0) is 46.3 Å². The summed E-state index contributed by atoms with van der Waals surface area (Å²) in [5.41, 5.74) is 5.56. The summed E-state index contributed by atoms with van der Waals surface area (Å²) in [6.07, 6.45) is 1.43. The molecule has 0 aromatic heterocycles. The number of hydrogen-bond donors (Lipinski definition) is 1. The van der Waals surface area contributed by atoms with Gasteiger partial charge in [-0.2, -0.15) is 0 Å². The van der Waals surface area contributed by atoms with Gasteiger partial charge in [-0.25, -0.2) is 0 Å². The first-order chi connectivity index (χ1) is 14.8. The van der Waals surface area contributed by atoms with E-state index in [-0.39, 0.29) is 0 Å². The molecule has 146 valence electrons. The summed E-state index contributed by atoms with van der Waals surface area (Å²) < 4.78 is 0. The van der Waals surface area contributed by atoms with Gasteiger partial charge in [0.05, 0.1) is 0 Å². The third kappa shape index (κ3) is 4.02. The molecule has 0 radical (unpaired) electrons. The first-order valence-corrected chi connectivity index (χ1v) is 10.4. The van der Waals surface area contributed by atoms with E-state index in [1.54, 1.807) is 0 Å². The summed E-state index contributed by atoms with van der Waals surface area (Å²) in [6.45, 7) is 2.31. The molecule has 0 aliphatic carbocycles. The van der Waals surface area contributed by atoms with E-state index < -0.39 is 0 Å². The number of rotatable bonds is 4. The van der Waals surface area contributed by atoms with Gasteiger partial charge in [0.1, 0.15) is 5.75 Å². The fourth-order valence-corrected chi connectivity index (χ4v) is 3.77. The topological polar surface area (TPSA) is 23.2 Å². The van der Waals surface area contributed by atoms with Crippen molar-refractivity contribution in [2.75, 3.05) is 18.0 Å². The van der Waals surface area contributed by atoms with Crippen molar-refractivity contribution in [2.45, 2.75) is 12.8 Å². The SMILES string of the molecule is Oc1c(Cc2ccc(N3CC3)cc2)ccc2ccc(C#CCc3ccccc3)cc12. The molecule has 4 aromatic carbocycles. The molecule has 1 aliphatic rings. The molecule has 0 saturated carbocycles. The van der Waals surface area contributed by atoms with Gasteiger partial charge in [0.15, 0.2) is 0 Å². The third-order valence-electron chi connectivity index (χ3n) is 5.59. The van der Waals surface area contributed by atoms with Crippen molar-refractivity contribution in [1.82, 2.24) is 0 Å². The van der Waals surface area contributed by atoms with Gasteiger partial charge < -0.3 is 10.0 Å². The van der Waals surface area contributed by atoms with Gasteiger partial charge in [0, 0.05) is 42.6 Å². The van der Waals surface area contributed by atoms with Crippen molar-refractivity contribution in [1.29, 1.82) is 0 Å². The monoisotopic (exact) mass is 389 g/mol. The summed E-state index contributed by atoms with van der Waals surface area (Å²) in [5, 5.41) is 12.8. The highest BCUT2D eigenvalue weighted by molar-refractivity contribution is 5.90. The maximum Gasteiger partial charge on any atom is 0.126 e. The molecule has 0 unspecified atom stereocenters. The van der Waals surface area contributed by atoms with E-state index in [9.17, 15) is 5.11 Å². The minimum absolute atomic E-state index is 0.356. The predicted octanol–water partition coefficient (Wildman–Crippen LogP) is 5.55. The van der Waals surface area contributed by atoms with Crippen molar-refractivity contribution in [2.24, 2.45) is 0 Å². The molecule has 0 amide bonds. The maximum absolute atomic E-state index is 10.9. The standard InChI is InChI=1S/C28H23NO/c30-28-25(19-23-10-15-26(16-11-23)29-17-18-29)14-13-24-12-9-22(20-27(24)28)8-4-7-21-5-2-1-3-6-21/h1-3,5-6,9-16,20,30H,7,17-19H2. The first kappa shape index (κ1) is 18.3. The molecule has 30 heavy (non-hydrogen) atoms. The molecule has 5 rings (SSSR count). The van der Waals surface area contributed by atoms with Crippen LogP contribution in [0.25, 0.3) is 10.8 Å². The Balaban J connectivity index is 1.38.